The summed E-state index contributed by atoms with van der Waals surface area (Å²) in [5, 5.41) is 12.7. The number of morpholine rings is 1. The van der Waals surface area contributed by atoms with E-state index in [2.05, 4.69) is 5.32 Å². The van der Waals surface area contributed by atoms with Crippen LogP contribution in [0.4, 0.5) is 15.8 Å². The number of hydrogen-bond acceptors (Lipinski definition) is 7. The van der Waals surface area contributed by atoms with Crippen LogP contribution in [0.2, 0.25) is 0 Å². The van der Waals surface area contributed by atoms with Gasteiger partial charge in [0.25, 0.3) is 5.69 Å². The Morgan fingerprint density at radius 3 is 2.48 bits per heavy atom. The number of benzene rings is 2. The fourth-order valence-electron chi connectivity index (χ4n) is 2.85. The third kappa shape index (κ3) is 5.58. The van der Waals surface area contributed by atoms with Crippen molar-refractivity contribution in [1.29, 1.82) is 0 Å². The topological polar surface area (TPSA) is 119 Å². The second-order valence-corrected chi connectivity index (χ2v) is 9.98. The van der Waals surface area contributed by atoms with E-state index in [9.17, 15) is 27.7 Å². The molecule has 31 heavy (non-hydrogen) atoms. The molecule has 12 heteroatoms. The highest BCUT2D eigenvalue weighted by Gasteiger charge is 2.29. The summed E-state index contributed by atoms with van der Waals surface area (Å²) in [5.74, 6) is -1.33. The molecule has 3 rings (SSSR count). The van der Waals surface area contributed by atoms with Gasteiger partial charge >= 0.3 is 0 Å². The largest absolute Gasteiger partial charge is 0.379 e. The Morgan fingerprint density at radius 2 is 1.87 bits per heavy atom. The van der Waals surface area contributed by atoms with Crippen molar-refractivity contribution in [3.63, 3.8) is 0 Å². The second-order valence-electron chi connectivity index (χ2n) is 6.66. The maximum atomic E-state index is 14.3. The number of rotatable bonds is 7. The van der Waals surface area contributed by atoms with E-state index >= 15 is 0 Å². The predicted octanol–water partition coefficient (Wildman–Crippen LogP) is 2.87. The Kier molecular flexibility index (Phi) is 7.26. The van der Waals surface area contributed by atoms with Crippen molar-refractivity contribution in [1.82, 2.24) is 4.31 Å². The molecule has 1 saturated heterocycles. The normalized spacial score (nSPS) is 15.9. The number of nitro groups is 1. The van der Waals surface area contributed by atoms with E-state index in [0.29, 0.717) is 4.90 Å². The lowest BCUT2D eigenvalue weighted by molar-refractivity contribution is -0.384. The van der Waals surface area contributed by atoms with E-state index in [1.54, 1.807) is 6.92 Å². The summed E-state index contributed by atoms with van der Waals surface area (Å²) < 4.78 is 46.1. The van der Waals surface area contributed by atoms with Gasteiger partial charge in [0, 0.05) is 35.8 Å². The lowest BCUT2D eigenvalue weighted by Gasteiger charge is -2.26. The van der Waals surface area contributed by atoms with Gasteiger partial charge < -0.3 is 10.1 Å². The first kappa shape index (κ1) is 23.1. The van der Waals surface area contributed by atoms with Crippen molar-refractivity contribution in [3.05, 3.63) is 58.4 Å². The van der Waals surface area contributed by atoms with Crippen LogP contribution in [0.25, 0.3) is 0 Å². The molecule has 0 aromatic heterocycles. The number of non-ortho nitro benzene ring substituents is 1. The fraction of sp³-hybridized carbons (Fsp3) is 0.316. The third-order valence-corrected chi connectivity index (χ3v) is 7.54. The molecule has 1 unspecified atom stereocenters. The Labute approximate surface area is 182 Å². The van der Waals surface area contributed by atoms with Crippen molar-refractivity contribution < 1.29 is 27.3 Å². The molecular formula is C19H20FN3O6S2. The van der Waals surface area contributed by atoms with Crippen LogP contribution in [0.1, 0.15) is 6.92 Å². The molecule has 9 nitrogen and oxygen atoms in total. The lowest BCUT2D eigenvalue weighted by atomic mass is 10.3. The smallest absolute Gasteiger partial charge is 0.269 e. The molecule has 1 heterocycles. The average Bonchev–Trinajstić information content (AvgIpc) is 2.76. The molecular weight excluding hydrogens is 449 g/mol. The van der Waals surface area contributed by atoms with Gasteiger partial charge in [0.1, 0.15) is 10.7 Å². The van der Waals surface area contributed by atoms with E-state index in [4.69, 9.17) is 4.74 Å². The van der Waals surface area contributed by atoms with Gasteiger partial charge in [-0.1, -0.05) is 0 Å². The fourth-order valence-corrected chi connectivity index (χ4v) is 5.22. The minimum absolute atomic E-state index is 0.0539. The van der Waals surface area contributed by atoms with Crippen molar-refractivity contribution in [2.75, 3.05) is 31.6 Å². The van der Waals surface area contributed by atoms with Crippen molar-refractivity contribution in [2.24, 2.45) is 0 Å². The van der Waals surface area contributed by atoms with Gasteiger partial charge in [-0.2, -0.15) is 4.31 Å². The number of anilines is 1. The van der Waals surface area contributed by atoms with Gasteiger partial charge in [0.15, 0.2) is 0 Å². The molecule has 0 saturated carbocycles. The van der Waals surface area contributed by atoms with E-state index in [0.717, 1.165) is 16.4 Å². The Bertz CT molecular complexity index is 1070. The number of thioether (sulfide) groups is 1. The summed E-state index contributed by atoms with van der Waals surface area (Å²) >= 11 is 1.18. The van der Waals surface area contributed by atoms with Crippen LogP contribution in [0.15, 0.2) is 52.3 Å². The van der Waals surface area contributed by atoms with E-state index in [-0.39, 0.29) is 37.7 Å². The predicted molar refractivity (Wildman–Crippen MR) is 113 cm³/mol. The molecule has 1 atom stereocenters. The molecule has 1 amide bonds. The highest BCUT2D eigenvalue weighted by Crippen LogP contribution is 2.27. The third-order valence-electron chi connectivity index (χ3n) is 4.52. The van der Waals surface area contributed by atoms with Crippen LogP contribution in [-0.2, 0) is 19.6 Å². The molecule has 0 radical (unpaired) electrons. The SMILES string of the molecule is CC(Sc1ccc([N+](=O)[O-])cc1)C(=O)Nc1ccc(F)c(S(=O)(=O)N2CCOCC2)c1. The number of carbonyl (C=O) groups is 1. The number of nitro benzene ring substituents is 1. The molecule has 166 valence electrons. The number of nitrogens with zero attached hydrogens (tertiary/aromatic N) is 2. The summed E-state index contributed by atoms with van der Waals surface area (Å²) in [5.41, 5.74) is 0.0937. The number of carbonyl (C=O) groups excluding carboxylic acids is 1. The van der Waals surface area contributed by atoms with Crippen molar-refractivity contribution in [3.8, 4) is 0 Å². The molecule has 0 aliphatic carbocycles. The summed E-state index contributed by atoms with van der Waals surface area (Å²) in [6, 6.07) is 9.15. The zero-order valence-corrected chi connectivity index (χ0v) is 18.1. The van der Waals surface area contributed by atoms with Gasteiger partial charge in [-0.3, -0.25) is 14.9 Å². The quantitative estimate of drug-likeness (QED) is 0.376. The average molecular weight is 470 g/mol. The number of sulfonamides is 1. The lowest BCUT2D eigenvalue weighted by Crippen LogP contribution is -2.40. The Balaban J connectivity index is 1.71. The molecule has 0 spiro atoms. The minimum atomic E-state index is -4.06. The van der Waals surface area contributed by atoms with Crippen molar-refractivity contribution >= 4 is 39.1 Å². The van der Waals surface area contributed by atoms with Crippen LogP contribution in [0.5, 0.6) is 0 Å². The maximum absolute atomic E-state index is 14.3. The number of halogens is 1. The Hall–Kier alpha value is -2.54. The first-order valence-corrected chi connectivity index (χ1v) is 11.6. The first-order valence-electron chi connectivity index (χ1n) is 9.28. The van der Waals surface area contributed by atoms with Gasteiger partial charge in [-0.05, 0) is 37.3 Å². The van der Waals surface area contributed by atoms with Crippen LogP contribution in [0.3, 0.4) is 0 Å². The number of ether oxygens (including phenoxy) is 1. The van der Waals surface area contributed by atoms with Gasteiger partial charge in [-0.25, -0.2) is 12.8 Å². The second kappa shape index (κ2) is 9.73. The Morgan fingerprint density at radius 1 is 1.23 bits per heavy atom. The molecule has 0 bridgehead atoms. The molecule has 1 aliphatic heterocycles. The maximum Gasteiger partial charge on any atom is 0.269 e. The number of nitrogens with one attached hydrogen (secondary N) is 1. The molecule has 1 N–H and O–H groups in total. The highest BCUT2D eigenvalue weighted by atomic mass is 32.2. The van der Waals surface area contributed by atoms with Crippen LogP contribution in [0, 0.1) is 15.9 Å². The van der Waals surface area contributed by atoms with Gasteiger partial charge in [0.05, 0.1) is 23.4 Å². The molecule has 2 aromatic carbocycles. The van der Waals surface area contributed by atoms with E-state index in [1.807, 2.05) is 0 Å². The van der Waals surface area contributed by atoms with E-state index in [1.165, 1.54) is 42.1 Å². The van der Waals surface area contributed by atoms with Gasteiger partial charge in [0.2, 0.25) is 15.9 Å². The summed E-state index contributed by atoms with van der Waals surface area (Å²) in [6.45, 7) is 2.35. The highest BCUT2D eigenvalue weighted by molar-refractivity contribution is 8.00. The molecule has 1 aliphatic rings. The minimum Gasteiger partial charge on any atom is -0.379 e. The van der Waals surface area contributed by atoms with Crippen LogP contribution >= 0.6 is 11.8 Å². The summed E-state index contributed by atoms with van der Waals surface area (Å²) in [7, 11) is -4.06. The number of amides is 1. The standard InChI is InChI=1S/C19H20FN3O6S2/c1-13(30-16-5-3-15(4-6-16)23(25)26)19(24)21-14-2-7-17(20)18(12-14)31(27,28)22-8-10-29-11-9-22/h2-7,12-13H,8-11H2,1H3,(H,21,24). The number of hydrogen-bond donors (Lipinski definition) is 1. The van der Waals surface area contributed by atoms with Crippen molar-refractivity contribution in [2.45, 2.75) is 22.0 Å². The molecule has 1 fully saturated rings. The molecule has 2 aromatic rings. The zero-order chi connectivity index (χ0) is 22.6. The van der Waals surface area contributed by atoms with E-state index < -0.39 is 36.8 Å². The summed E-state index contributed by atoms with van der Waals surface area (Å²) in [4.78, 5) is 22.9. The zero-order valence-electron chi connectivity index (χ0n) is 16.5. The van der Waals surface area contributed by atoms with Gasteiger partial charge in [-0.15, -0.1) is 11.8 Å². The summed E-state index contributed by atoms with van der Waals surface area (Å²) in [6.07, 6.45) is 0. The van der Waals surface area contributed by atoms with Crippen LogP contribution < -0.4 is 5.32 Å². The first-order chi connectivity index (χ1) is 14.7. The van der Waals surface area contributed by atoms with Crippen LogP contribution in [-0.4, -0.2) is 55.1 Å². The monoisotopic (exact) mass is 469 g/mol.